The van der Waals surface area contributed by atoms with Gasteiger partial charge in [0, 0.05) is 13.1 Å². The third-order valence-corrected chi connectivity index (χ3v) is 4.88. The maximum Gasteiger partial charge on any atom is 0.231 e. The maximum absolute atomic E-state index is 11.8. The van der Waals surface area contributed by atoms with E-state index in [1.807, 2.05) is 0 Å². The highest BCUT2D eigenvalue weighted by atomic mass is 32.2. The average Bonchev–Trinajstić information content (AvgIpc) is 2.76. The van der Waals surface area contributed by atoms with Crippen LogP contribution in [0.5, 0.6) is 0 Å². The van der Waals surface area contributed by atoms with Gasteiger partial charge in [0.05, 0.1) is 11.7 Å². The van der Waals surface area contributed by atoms with Crippen LogP contribution in [-0.2, 0) is 10.0 Å². The van der Waals surface area contributed by atoms with E-state index < -0.39 is 10.0 Å². The summed E-state index contributed by atoms with van der Waals surface area (Å²) in [5.41, 5.74) is 0. The molecule has 0 saturated carbocycles. The van der Waals surface area contributed by atoms with Gasteiger partial charge in [-0.1, -0.05) is 5.16 Å². The van der Waals surface area contributed by atoms with Crippen molar-refractivity contribution in [2.24, 2.45) is 0 Å². The molecule has 1 saturated heterocycles. The molecule has 0 amide bonds. The first-order chi connectivity index (χ1) is 8.03. The zero-order chi connectivity index (χ0) is 12.5. The predicted octanol–water partition coefficient (Wildman–Crippen LogP) is 0.907. The van der Waals surface area contributed by atoms with Gasteiger partial charge in [-0.25, -0.2) is 12.7 Å². The number of hydrogen-bond donors (Lipinski definition) is 0. The fraction of sp³-hybridized carbons (Fsp3) is 0.800. The molecule has 7 heteroatoms. The van der Waals surface area contributed by atoms with Crippen LogP contribution >= 0.6 is 0 Å². The van der Waals surface area contributed by atoms with E-state index in [1.54, 1.807) is 13.8 Å². The van der Waals surface area contributed by atoms with Gasteiger partial charge in [-0.2, -0.15) is 4.98 Å². The fourth-order valence-electron chi connectivity index (χ4n) is 2.06. The lowest BCUT2D eigenvalue weighted by Crippen LogP contribution is -2.39. The molecule has 1 aliphatic heterocycles. The third-order valence-electron chi connectivity index (χ3n) is 3.03. The molecule has 0 aliphatic carbocycles. The lowest BCUT2D eigenvalue weighted by Gasteiger charge is -2.29. The van der Waals surface area contributed by atoms with Crippen molar-refractivity contribution in [1.82, 2.24) is 14.4 Å². The molecule has 17 heavy (non-hydrogen) atoms. The third kappa shape index (κ3) is 2.66. The molecule has 0 bridgehead atoms. The predicted molar refractivity (Wildman–Crippen MR) is 62.0 cm³/mol. The number of hydrogen-bond acceptors (Lipinski definition) is 5. The lowest BCUT2D eigenvalue weighted by atomic mass is 10.00. The number of aryl methyl sites for hydroxylation is 1. The first-order valence-electron chi connectivity index (χ1n) is 5.81. The number of nitrogens with zero attached hydrogens (tertiary/aromatic N) is 3. The van der Waals surface area contributed by atoms with E-state index in [9.17, 15) is 8.42 Å². The Morgan fingerprint density at radius 2 is 2.29 bits per heavy atom. The van der Waals surface area contributed by atoms with Gasteiger partial charge in [0.15, 0.2) is 5.82 Å². The van der Waals surface area contributed by atoms with Gasteiger partial charge in [-0.15, -0.1) is 0 Å². The van der Waals surface area contributed by atoms with E-state index in [-0.39, 0.29) is 11.7 Å². The minimum Gasteiger partial charge on any atom is -0.339 e. The van der Waals surface area contributed by atoms with Crippen molar-refractivity contribution >= 4 is 10.0 Å². The highest BCUT2D eigenvalue weighted by Crippen LogP contribution is 2.27. The molecule has 1 aliphatic rings. The van der Waals surface area contributed by atoms with E-state index in [2.05, 4.69) is 10.1 Å². The van der Waals surface area contributed by atoms with E-state index in [0.717, 1.165) is 12.8 Å². The fourth-order valence-corrected chi connectivity index (χ4v) is 3.24. The minimum absolute atomic E-state index is 0.0336. The van der Waals surface area contributed by atoms with Crippen LogP contribution in [0.3, 0.4) is 0 Å². The SMILES string of the molecule is CCS(=O)(=O)N1CCCC(c2nc(C)no2)C1. The smallest absolute Gasteiger partial charge is 0.231 e. The summed E-state index contributed by atoms with van der Waals surface area (Å²) >= 11 is 0. The number of piperidine rings is 1. The first kappa shape index (κ1) is 12.5. The molecule has 1 aromatic heterocycles. The van der Waals surface area contributed by atoms with Crippen LogP contribution in [0, 0.1) is 6.92 Å². The van der Waals surface area contributed by atoms with Crippen LogP contribution in [0.15, 0.2) is 4.52 Å². The second kappa shape index (κ2) is 4.73. The summed E-state index contributed by atoms with van der Waals surface area (Å²) in [6, 6.07) is 0. The van der Waals surface area contributed by atoms with Gasteiger partial charge in [-0.3, -0.25) is 0 Å². The van der Waals surface area contributed by atoms with Crippen molar-refractivity contribution < 1.29 is 12.9 Å². The largest absolute Gasteiger partial charge is 0.339 e. The van der Waals surface area contributed by atoms with Gasteiger partial charge >= 0.3 is 0 Å². The zero-order valence-electron chi connectivity index (χ0n) is 10.1. The number of aromatic nitrogens is 2. The Hall–Kier alpha value is -0.950. The van der Waals surface area contributed by atoms with Crippen LogP contribution in [0.2, 0.25) is 0 Å². The van der Waals surface area contributed by atoms with Crippen LogP contribution in [0.4, 0.5) is 0 Å². The summed E-state index contributed by atoms with van der Waals surface area (Å²) in [6.45, 7) is 4.48. The molecule has 96 valence electrons. The second-order valence-electron chi connectivity index (χ2n) is 4.28. The van der Waals surface area contributed by atoms with Crippen molar-refractivity contribution in [3.05, 3.63) is 11.7 Å². The molecular formula is C10H17N3O3S. The van der Waals surface area contributed by atoms with Crippen molar-refractivity contribution in [3.8, 4) is 0 Å². The summed E-state index contributed by atoms with van der Waals surface area (Å²) < 4.78 is 30.2. The van der Waals surface area contributed by atoms with Gasteiger partial charge in [0.2, 0.25) is 15.9 Å². The Balaban J connectivity index is 2.13. The molecule has 2 rings (SSSR count). The normalized spacial score (nSPS) is 22.8. The number of sulfonamides is 1. The van der Waals surface area contributed by atoms with Crippen molar-refractivity contribution in [2.75, 3.05) is 18.8 Å². The van der Waals surface area contributed by atoms with E-state index >= 15 is 0 Å². The van der Waals surface area contributed by atoms with Crippen molar-refractivity contribution in [1.29, 1.82) is 0 Å². The number of rotatable bonds is 3. The van der Waals surface area contributed by atoms with Crippen LogP contribution < -0.4 is 0 Å². The molecule has 1 fully saturated rings. The van der Waals surface area contributed by atoms with Gasteiger partial charge < -0.3 is 4.52 Å². The molecule has 0 spiro atoms. The molecular weight excluding hydrogens is 242 g/mol. The van der Waals surface area contributed by atoms with Crippen molar-refractivity contribution in [3.63, 3.8) is 0 Å². The summed E-state index contributed by atoms with van der Waals surface area (Å²) in [6.07, 6.45) is 1.74. The Morgan fingerprint density at radius 1 is 1.53 bits per heavy atom. The summed E-state index contributed by atoms with van der Waals surface area (Å²) in [5, 5.41) is 3.75. The molecule has 0 radical (unpaired) electrons. The van der Waals surface area contributed by atoms with E-state index in [4.69, 9.17) is 4.52 Å². The molecule has 1 atom stereocenters. The van der Waals surface area contributed by atoms with Crippen molar-refractivity contribution in [2.45, 2.75) is 32.6 Å². The van der Waals surface area contributed by atoms with Crippen LogP contribution in [0.25, 0.3) is 0 Å². The Kier molecular flexibility index (Phi) is 3.48. The minimum atomic E-state index is -3.11. The average molecular weight is 259 g/mol. The lowest BCUT2D eigenvalue weighted by molar-refractivity contribution is 0.265. The topological polar surface area (TPSA) is 76.3 Å². The Morgan fingerprint density at radius 3 is 2.88 bits per heavy atom. The van der Waals surface area contributed by atoms with Gasteiger partial charge in [0.25, 0.3) is 0 Å². The van der Waals surface area contributed by atoms with Crippen LogP contribution in [-0.4, -0.2) is 41.7 Å². The zero-order valence-corrected chi connectivity index (χ0v) is 10.9. The monoisotopic (exact) mass is 259 g/mol. The maximum atomic E-state index is 11.8. The molecule has 0 aromatic carbocycles. The van der Waals surface area contributed by atoms with Gasteiger partial charge in [0.1, 0.15) is 0 Å². The molecule has 2 heterocycles. The molecule has 1 aromatic rings. The molecule has 1 unspecified atom stereocenters. The highest BCUT2D eigenvalue weighted by Gasteiger charge is 2.31. The van der Waals surface area contributed by atoms with E-state index in [0.29, 0.717) is 24.8 Å². The Labute approximate surface area is 101 Å². The first-order valence-corrected chi connectivity index (χ1v) is 7.42. The quantitative estimate of drug-likeness (QED) is 0.806. The molecule has 0 N–H and O–H groups in total. The Bertz CT molecular complexity index is 483. The standard InChI is InChI=1S/C10H17N3O3S/c1-3-17(14,15)13-6-4-5-9(7-13)10-11-8(2)12-16-10/h9H,3-7H2,1-2H3. The highest BCUT2D eigenvalue weighted by molar-refractivity contribution is 7.89. The summed E-state index contributed by atoms with van der Waals surface area (Å²) in [4.78, 5) is 4.18. The summed E-state index contributed by atoms with van der Waals surface area (Å²) in [5.74, 6) is 1.32. The molecule has 6 nitrogen and oxygen atoms in total. The van der Waals surface area contributed by atoms with Crippen LogP contribution in [0.1, 0.15) is 37.4 Å². The second-order valence-corrected chi connectivity index (χ2v) is 6.54. The van der Waals surface area contributed by atoms with Gasteiger partial charge in [-0.05, 0) is 26.7 Å². The summed E-state index contributed by atoms with van der Waals surface area (Å²) in [7, 11) is -3.11. The van der Waals surface area contributed by atoms with E-state index in [1.165, 1.54) is 4.31 Å².